The first-order valence-corrected chi connectivity index (χ1v) is 6.93. The summed E-state index contributed by atoms with van der Waals surface area (Å²) in [5.41, 5.74) is 1.19. The van der Waals surface area contributed by atoms with Gasteiger partial charge in [0.05, 0.1) is 18.2 Å². The molecule has 0 fully saturated rings. The van der Waals surface area contributed by atoms with Crippen LogP contribution in [-0.4, -0.2) is 18.0 Å². The van der Waals surface area contributed by atoms with Crippen molar-refractivity contribution in [1.29, 1.82) is 0 Å². The first-order valence-electron chi connectivity index (χ1n) is 6.93. The quantitative estimate of drug-likeness (QED) is 0.767. The fourth-order valence-electron chi connectivity index (χ4n) is 2.52. The normalized spacial score (nSPS) is 10.8. The molecule has 0 saturated carbocycles. The van der Waals surface area contributed by atoms with Crippen LogP contribution in [0.4, 0.5) is 14.5 Å². The van der Waals surface area contributed by atoms with E-state index < -0.39 is 23.2 Å². The van der Waals surface area contributed by atoms with E-state index in [0.29, 0.717) is 27.9 Å². The van der Waals surface area contributed by atoms with Gasteiger partial charge >= 0.3 is 0 Å². The van der Waals surface area contributed by atoms with Crippen molar-refractivity contribution in [3.05, 3.63) is 59.3 Å². The number of amides is 1. The summed E-state index contributed by atoms with van der Waals surface area (Å²) in [6, 6.07) is 8.62. The predicted molar refractivity (Wildman–Crippen MR) is 83.9 cm³/mol. The Morgan fingerprint density at radius 2 is 1.87 bits per heavy atom. The molecular weight excluding hydrogens is 302 g/mol. The maximum Gasteiger partial charge on any atom is 0.258 e. The van der Waals surface area contributed by atoms with Gasteiger partial charge in [-0.05, 0) is 31.2 Å². The number of benzene rings is 2. The second-order valence-corrected chi connectivity index (χ2v) is 5.09. The van der Waals surface area contributed by atoms with Crippen LogP contribution >= 0.6 is 0 Å². The summed E-state index contributed by atoms with van der Waals surface area (Å²) >= 11 is 0. The van der Waals surface area contributed by atoms with Crippen molar-refractivity contribution in [3.8, 4) is 5.75 Å². The zero-order valence-corrected chi connectivity index (χ0v) is 12.5. The Kier molecular flexibility index (Phi) is 3.73. The molecule has 1 heterocycles. The van der Waals surface area contributed by atoms with Gasteiger partial charge in [-0.25, -0.2) is 8.78 Å². The lowest BCUT2D eigenvalue weighted by Gasteiger charge is -2.08. The average Bonchev–Trinajstić information content (AvgIpc) is 2.85. The number of halogens is 2. The maximum absolute atomic E-state index is 13.7. The summed E-state index contributed by atoms with van der Waals surface area (Å²) in [4.78, 5) is 15.5. The molecule has 3 aromatic rings. The highest BCUT2D eigenvalue weighted by molar-refractivity contribution is 6.14. The molecule has 1 aromatic heterocycles. The molecule has 1 amide bonds. The number of nitrogens with one attached hydrogen (secondary N) is 2. The zero-order chi connectivity index (χ0) is 16.6. The van der Waals surface area contributed by atoms with E-state index in [2.05, 4.69) is 10.3 Å². The van der Waals surface area contributed by atoms with Gasteiger partial charge in [0.25, 0.3) is 5.91 Å². The van der Waals surface area contributed by atoms with Gasteiger partial charge in [-0.2, -0.15) is 0 Å². The van der Waals surface area contributed by atoms with E-state index in [0.717, 1.165) is 12.1 Å². The molecule has 2 aromatic carbocycles. The highest BCUT2D eigenvalue weighted by Gasteiger charge is 2.19. The molecule has 2 N–H and O–H groups in total. The number of aryl methyl sites for hydroxylation is 1. The fourth-order valence-corrected chi connectivity index (χ4v) is 2.52. The number of aromatic nitrogens is 1. The van der Waals surface area contributed by atoms with Crippen LogP contribution in [0.1, 0.15) is 16.1 Å². The van der Waals surface area contributed by atoms with Crippen molar-refractivity contribution in [2.24, 2.45) is 0 Å². The third-order valence-electron chi connectivity index (χ3n) is 3.62. The Morgan fingerprint density at radius 3 is 2.52 bits per heavy atom. The van der Waals surface area contributed by atoms with Crippen LogP contribution in [0.15, 0.2) is 36.4 Å². The van der Waals surface area contributed by atoms with E-state index in [1.54, 1.807) is 32.2 Å². The lowest BCUT2D eigenvalue weighted by molar-refractivity contribution is 0.102. The van der Waals surface area contributed by atoms with Crippen LogP contribution in [0.3, 0.4) is 0 Å². The van der Waals surface area contributed by atoms with E-state index in [-0.39, 0.29) is 0 Å². The van der Waals surface area contributed by atoms with Crippen LogP contribution in [-0.2, 0) is 0 Å². The molecule has 0 bridgehead atoms. The number of ether oxygens (including phenoxy) is 1. The number of para-hydroxylation sites is 1. The van der Waals surface area contributed by atoms with Gasteiger partial charge in [0.2, 0.25) is 0 Å². The summed E-state index contributed by atoms with van der Waals surface area (Å²) in [5, 5.41) is 2.95. The first-order chi connectivity index (χ1) is 11.0. The van der Waals surface area contributed by atoms with Crippen molar-refractivity contribution in [3.63, 3.8) is 0 Å². The molecule has 3 rings (SSSR count). The number of rotatable bonds is 3. The van der Waals surface area contributed by atoms with Gasteiger partial charge in [0.1, 0.15) is 23.1 Å². The van der Waals surface area contributed by atoms with Crippen molar-refractivity contribution in [1.82, 2.24) is 4.98 Å². The smallest absolute Gasteiger partial charge is 0.258 e. The van der Waals surface area contributed by atoms with Crippen molar-refractivity contribution >= 4 is 22.5 Å². The summed E-state index contributed by atoms with van der Waals surface area (Å²) in [6.07, 6.45) is 0. The molecule has 0 aliphatic heterocycles. The fraction of sp³-hybridized carbons (Fsp3) is 0.118. The molecule has 0 radical (unpaired) electrons. The molecule has 0 atom stereocenters. The number of fused-ring (bicyclic) bond motifs is 1. The molecular formula is C17H14F2N2O2. The maximum atomic E-state index is 13.7. The molecule has 6 heteroatoms. The molecule has 0 aliphatic rings. The van der Waals surface area contributed by atoms with Crippen LogP contribution in [0.5, 0.6) is 5.75 Å². The average molecular weight is 316 g/mol. The number of methoxy groups -OCH3 is 1. The van der Waals surface area contributed by atoms with E-state index >= 15 is 0 Å². The zero-order valence-electron chi connectivity index (χ0n) is 12.5. The topological polar surface area (TPSA) is 54.1 Å². The Hall–Kier alpha value is -2.89. The Bertz CT molecular complexity index is 883. The highest BCUT2D eigenvalue weighted by atomic mass is 19.1. The second kappa shape index (κ2) is 5.72. The van der Waals surface area contributed by atoms with Gasteiger partial charge in [-0.3, -0.25) is 4.79 Å². The minimum atomic E-state index is -0.822. The molecule has 0 saturated heterocycles. The molecule has 4 nitrogen and oxygen atoms in total. The third kappa shape index (κ3) is 2.63. The van der Waals surface area contributed by atoms with Gasteiger partial charge < -0.3 is 15.0 Å². The van der Waals surface area contributed by atoms with Crippen LogP contribution in [0.2, 0.25) is 0 Å². The Labute approximate surface area is 131 Å². The summed E-state index contributed by atoms with van der Waals surface area (Å²) in [5.74, 6) is -1.58. The Morgan fingerprint density at radius 1 is 1.17 bits per heavy atom. The van der Waals surface area contributed by atoms with E-state index in [9.17, 15) is 13.6 Å². The molecule has 118 valence electrons. The van der Waals surface area contributed by atoms with Crippen molar-refractivity contribution in [2.75, 3.05) is 12.4 Å². The number of aromatic amines is 1. The first kappa shape index (κ1) is 15.0. The Balaban J connectivity index is 2.03. The third-order valence-corrected chi connectivity index (χ3v) is 3.62. The van der Waals surface area contributed by atoms with Gasteiger partial charge in [-0.15, -0.1) is 0 Å². The highest BCUT2D eigenvalue weighted by Crippen LogP contribution is 2.27. The van der Waals surface area contributed by atoms with Crippen LogP contribution in [0, 0.1) is 18.6 Å². The van der Waals surface area contributed by atoms with E-state index in [1.165, 1.54) is 6.07 Å². The van der Waals surface area contributed by atoms with Gasteiger partial charge in [0, 0.05) is 17.1 Å². The molecule has 0 aliphatic carbocycles. The number of hydrogen-bond acceptors (Lipinski definition) is 2. The van der Waals surface area contributed by atoms with Gasteiger partial charge in [0.15, 0.2) is 0 Å². The molecule has 0 unspecified atom stereocenters. The predicted octanol–water partition coefficient (Wildman–Crippen LogP) is 4.02. The van der Waals surface area contributed by atoms with Crippen molar-refractivity contribution < 1.29 is 18.3 Å². The number of carbonyl (C=O) groups excluding carboxylic acids is 1. The number of anilines is 1. The number of hydrogen-bond donors (Lipinski definition) is 2. The van der Waals surface area contributed by atoms with Crippen molar-refractivity contribution in [2.45, 2.75) is 6.92 Å². The van der Waals surface area contributed by atoms with E-state index in [4.69, 9.17) is 4.74 Å². The summed E-state index contributed by atoms with van der Waals surface area (Å²) < 4.78 is 32.5. The summed E-state index contributed by atoms with van der Waals surface area (Å²) in [7, 11) is 1.55. The van der Waals surface area contributed by atoms with Gasteiger partial charge in [-0.1, -0.05) is 6.07 Å². The SMILES string of the molecule is COc1ccc2c(C(=O)Nc3c(F)cccc3F)c(C)[nH]c2c1. The minimum Gasteiger partial charge on any atom is -0.497 e. The van der Waals surface area contributed by atoms with Crippen LogP contribution in [0.25, 0.3) is 10.9 Å². The number of H-pyrrole nitrogens is 1. The minimum absolute atomic E-state index is 0.338. The largest absolute Gasteiger partial charge is 0.497 e. The van der Waals surface area contributed by atoms with Crippen LogP contribution < -0.4 is 10.1 Å². The number of carbonyl (C=O) groups is 1. The summed E-state index contributed by atoms with van der Waals surface area (Å²) in [6.45, 7) is 1.72. The lowest BCUT2D eigenvalue weighted by Crippen LogP contribution is -2.15. The lowest BCUT2D eigenvalue weighted by atomic mass is 10.1. The van der Waals surface area contributed by atoms with E-state index in [1.807, 2.05) is 0 Å². The molecule has 23 heavy (non-hydrogen) atoms. The second-order valence-electron chi connectivity index (χ2n) is 5.09. The monoisotopic (exact) mass is 316 g/mol. The standard InChI is InChI=1S/C17H14F2N2O2/c1-9-15(11-7-6-10(23-2)8-14(11)20-9)17(22)21-16-12(18)4-3-5-13(16)19/h3-8,20H,1-2H3,(H,21,22). The molecule has 0 spiro atoms.